The molecule has 1 aliphatic rings. The van der Waals surface area contributed by atoms with Crippen LogP contribution in [0.2, 0.25) is 0 Å². The molecule has 2 N–H and O–H groups in total. The van der Waals surface area contributed by atoms with Crippen molar-refractivity contribution in [3.63, 3.8) is 0 Å². The first kappa shape index (κ1) is 10.1. The van der Waals surface area contributed by atoms with Crippen molar-refractivity contribution < 1.29 is 10.2 Å². The molecule has 0 aliphatic carbocycles. The molecule has 15 heavy (non-hydrogen) atoms. The van der Waals surface area contributed by atoms with Gasteiger partial charge in [0, 0.05) is 6.42 Å². The normalized spacial score (nSPS) is 18.5. The maximum absolute atomic E-state index is 5.26. The first-order valence-corrected chi connectivity index (χ1v) is 5.02. The largest absolute Gasteiger partial charge is 0.412 e. The maximum atomic E-state index is 5.26. The number of rotatable bonds is 2. The van der Waals surface area contributed by atoms with Gasteiger partial charge in [0.15, 0.2) is 0 Å². The molecule has 0 amide bonds. The van der Waals surface area contributed by atoms with Crippen LogP contribution in [0.5, 0.6) is 0 Å². The molecular weight excluding hydrogens is 188 g/mol. The molecule has 2 nitrogen and oxygen atoms in total. The van der Waals surface area contributed by atoms with Gasteiger partial charge in [-0.2, -0.15) is 0 Å². The Bertz CT molecular complexity index is 456. The molecule has 2 aromatic rings. The fourth-order valence-electron chi connectivity index (χ4n) is 1.90. The minimum Gasteiger partial charge on any atom is -0.412 e. The SMILES string of the molecule is O.c1ccc2c(CC3CO3)cccc2c1. The van der Waals surface area contributed by atoms with Gasteiger partial charge in [-0.25, -0.2) is 0 Å². The fraction of sp³-hybridized carbons (Fsp3) is 0.231. The van der Waals surface area contributed by atoms with E-state index >= 15 is 0 Å². The Morgan fingerprint density at radius 1 is 1.07 bits per heavy atom. The number of ether oxygens (including phenoxy) is 1. The predicted molar refractivity (Wildman–Crippen MR) is 61.0 cm³/mol. The minimum absolute atomic E-state index is 0. The third kappa shape index (κ3) is 2.01. The predicted octanol–water partition coefficient (Wildman–Crippen LogP) is 1.96. The van der Waals surface area contributed by atoms with Gasteiger partial charge in [0.2, 0.25) is 0 Å². The molecule has 1 aliphatic heterocycles. The lowest BCUT2D eigenvalue weighted by Crippen LogP contribution is -1.93. The molecule has 0 aromatic heterocycles. The van der Waals surface area contributed by atoms with Crippen molar-refractivity contribution in [2.45, 2.75) is 12.5 Å². The summed E-state index contributed by atoms with van der Waals surface area (Å²) in [5, 5.41) is 2.69. The average molecular weight is 202 g/mol. The Morgan fingerprint density at radius 2 is 1.80 bits per heavy atom. The van der Waals surface area contributed by atoms with E-state index in [0.29, 0.717) is 6.10 Å². The van der Waals surface area contributed by atoms with Crippen LogP contribution in [0.4, 0.5) is 0 Å². The van der Waals surface area contributed by atoms with Crippen molar-refractivity contribution in [1.82, 2.24) is 0 Å². The quantitative estimate of drug-likeness (QED) is 0.686. The number of hydrogen-bond donors (Lipinski definition) is 0. The molecule has 0 saturated carbocycles. The highest BCUT2D eigenvalue weighted by atomic mass is 16.6. The molecule has 0 bridgehead atoms. The Balaban J connectivity index is 0.000000853. The molecule has 2 aromatic carbocycles. The second-order valence-electron chi connectivity index (χ2n) is 3.80. The Labute approximate surface area is 88.8 Å². The summed E-state index contributed by atoms with van der Waals surface area (Å²) in [6.07, 6.45) is 1.53. The molecule has 1 saturated heterocycles. The minimum atomic E-state index is 0. The van der Waals surface area contributed by atoms with Gasteiger partial charge in [-0.3, -0.25) is 0 Å². The van der Waals surface area contributed by atoms with Crippen LogP contribution in [0.1, 0.15) is 5.56 Å². The molecule has 1 unspecified atom stereocenters. The van der Waals surface area contributed by atoms with E-state index in [2.05, 4.69) is 42.5 Å². The van der Waals surface area contributed by atoms with Crippen LogP contribution in [0.15, 0.2) is 42.5 Å². The van der Waals surface area contributed by atoms with Crippen molar-refractivity contribution in [3.8, 4) is 0 Å². The Kier molecular flexibility index (Phi) is 2.71. The van der Waals surface area contributed by atoms with Crippen molar-refractivity contribution in [2.24, 2.45) is 0 Å². The monoisotopic (exact) mass is 202 g/mol. The van der Waals surface area contributed by atoms with Crippen molar-refractivity contribution in [3.05, 3.63) is 48.0 Å². The van der Waals surface area contributed by atoms with E-state index in [1.54, 1.807) is 0 Å². The zero-order valence-corrected chi connectivity index (χ0v) is 8.44. The highest BCUT2D eigenvalue weighted by Gasteiger charge is 2.23. The summed E-state index contributed by atoms with van der Waals surface area (Å²) < 4.78 is 5.26. The Morgan fingerprint density at radius 3 is 2.60 bits per heavy atom. The lowest BCUT2D eigenvalue weighted by Gasteiger charge is -2.03. The summed E-state index contributed by atoms with van der Waals surface area (Å²) in [4.78, 5) is 0. The fourth-order valence-corrected chi connectivity index (χ4v) is 1.90. The van der Waals surface area contributed by atoms with Crippen LogP contribution >= 0.6 is 0 Å². The van der Waals surface area contributed by atoms with Crippen molar-refractivity contribution in [2.75, 3.05) is 6.61 Å². The van der Waals surface area contributed by atoms with Gasteiger partial charge in [0.1, 0.15) is 0 Å². The lowest BCUT2D eigenvalue weighted by molar-refractivity contribution is 0.408. The molecule has 1 fully saturated rings. The third-order valence-electron chi connectivity index (χ3n) is 2.73. The third-order valence-corrected chi connectivity index (χ3v) is 2.73. The average Bonchev–Trinajstić information content (AvgIpc) is 3.03. The molecule has 0 radical (unpaired) electrons. The van der Waals surface area contributed by atoms with E-state index in [1.807, 2.05) is 0 Å². The second kappa shape index (κ2) is 4.01. The number of epoxide rings is 1. The number of fused-ring (bicyclic) bond motifs is 1. The smallest absolute Gasteiger partial charge is 0.0850 e. The van der Waals surface area contributed by atoms with Gasteiger partial charge in [-0.1, -0.05) is 42.5 Å². The first-order valence-electron chi connectivity index (χ1n) is 5.02. The van der Waals surface area contributed by atoms with Gasteiger partial charge in [-0.15, -0.1) is 0 Å². The highest BCUT2D eigenvalue weighted by molar-refractivity contribution is 5.85. The van der Waals surface area contributed by atoms with E-state index in [0.717, 1.165) is 13.0 Å². The van der Waals surface area contributed by atoms with Gasteiger partial charge < -0.3 is 10.2 Å². The molecule has 1 atom stereocenters. The summed E-state index contributed by atoms with van der Waals surface area (Å²) in [6, 6.07) is 15.0. The van der Waals surface area contributed by atoms with Crippen LogP contribution < -0.4 is 0 Å². The topological polar surface area (TPSA) is 44.0 Å². The van der Waals surface area contributed by atoms with E-state index in [4.69, 9.17) is 4.74 Å². The van der Waals surface area contributed by atoms with Crippen LogP contribution in [-0.4, -0.2) is 18.2 Å². The van der Waals surface area contributed by atoms with E-state index in [1.165, 1.54) is 16.3 Å². The zero-order chi connectivity index (χ0) is 9.38. The molecule has 2 heteroatoms. The van der Waals surface area contributed by atoms with Gasteiger partial charge in [0.05, 0.1) is 12.7 Å². The van der Waals surface area contributed by atoms with E-state index < -0.39 is 0 Å². The standard InChI is InChI=1S/C13H12O.H2O/c1-2-7-13-10(4-1)5-3-6-11(13)8-12-9-14-12;/h1-7,12H,8-9H2;1H2. The second-order valence-corrected chi connectivity index (χ2v) is 3.80. The number of hydrogen-bond acceptors (Lipinski definition) is 1. The van der Waals surface area contributed by atoms with Crippen LogP contribution in [0, 0.1) is 0 Å². The van der Waals surface area contributed by atoms with E-state index in [-0.39, 0.29) is 5.48 Å². The number of benzene rings is 2. The summed E-state index contributed by atoms with van der Waals surface area (Å²) in [5.41, 5.74) is 1.41. The first-order chi connectivity index (χ1) is 6.93. The maximum Gasteiger partial charge on any atom is 0.0850 e. The summed E-state index contributed by atoms with van der Waals surface area (Å²) in [5.74, 6) is 0. The summed E-state index contributed by atoms with van der Waals surface area (Å²) >= 11 is 0. The summed E-state index contributed by atoms with van der Waals surface area (Å²) in [6.45, 7) is 0.934. The van der Waals surface area contributed by atoms with E-state index in [9.17, 15) is 0 Å². The van der Waals surface area contributed by atoms with Gasteiger partial charge in [-0.05, 0) is 16.3 Å². The lowest BCUT2D eigenvalue weighted by atomic mass is 10.0. The van der Waals surface area contributed by atoms with Crippen LogP contribution in [0.3, 0.4) is 0 Å². The zero-order valence-electron chi connectivity index (χ0n) is 8.44. The Hall–Kier alpha value is -1.38. The molecule has 3 rings (SSSR count). The summed E-state index contributed by atoms with van der Waals surface area (Å²) in [7, 11) is 0. The van der Waals surface area contributed by atoms with Crippen LogP contribution in [-0.2, 0) is 11.2 Å². The van der Waals surface area contributed by atoms with Gasteiger partial charge in [0.25, 0.3) is 0 Å². The molecule has 1 heterocycles. The highest BCUT2D eigenvalue weighted by Crippen LogP contribution is 2.23. The van der Waals surface area contributed by atoms with Crippen molar-refractivity contribution in [1.29, 1.82) is 0 Å². The molecule has 78 valence electrons. The van der Waals surface area contributed by atoms with Gasteiger partial charge >= 0.3 is 0 Å². The molecular formula is C13H14O2. The van der Waals surface area contributed by atoms with Crippen LogP contribution in [0.25, 0.3) is 10.8 Å². The molecule has 0 spiro atoms. The van der Waals surface area contributed by atoms with Crippen molar-refractivity contribution >= 4 is 10.8 Å².